The molecule has 1 atom stereocenters. The number of phenolic OH excluding ortho intramolecular Hbond substituents is 1. The summed E-state index contributed by atoms with van der Waals surface area (Å²) in [5, 5.41) is 20.7. The summed E-state index contributed by atoms with van der Waals surface area (Å²) in [5.74, 6) is 0.00686. The molecule has 1 aromatic carbocycles. The van der Waals surface area contributed by atoms with Gasteiger partial charge in [-0.05, 0) is 24.8 Å². The maximum absolute atomic E-state index is 10.8. The van der Waals surface area contributed by atoms with Gasteiger partial charge in [0.25, 0.3) is 0 Å². The van der Waals surface area contributed by atoms with Crippen LogP contribution in [0.2, 0.25) is 0 Å². The van der Waals surface area contributed by atoms with Crippen molar-refractivity contribution in [3.05, 3.63) is 32.3 Å². The first-order valence-electron chi connectivity index (χ1n) is 5.43. The first kappa shape index (κ1) is 15.2. The minimum absolute atomic E-state index is 0. The van der Waals surface area contributed by atoms with Gasteiger partial charge in [0.1, 0.15) is 0 Å². The van der Waals surface area contributed by atoms with Crippen LogP contribution in [0.3, 0.4) is 0 Å². The quantitative estimate of drug-likeness (QED) is 0.654. The molecule has 3 N–H and O–H groups in total. The maximum atomic E-state index is 10.8. The highest BCUT2D eigenvalue weighted by molar-refractivity contribution is 9.10. The molecule has 0 amide bonds. The Morgan fingerprint density at radius 3 is 2.56 bits per heavy atom. The molecule has 1 aromatic rings. The number of benzene rings is 1. The molecule has 0 bridgehead atoms. The van der Waals surface area contributed by atoms with Gasteiger partial charge in [0, 0.05) is 22.1 Å². The van der Waals surface area contributed by atoms with Gasteiger partial charge in [-0.3, -0.25) is 10.1 Å². The van der Waals surface area contributed by atoms with E-state index in [4.69, 9.17) is 5.73 Å². The molecule has 1 aliphatic carbocycles. The van der Waals surface area contributed by atoms with Crippen LogP contribution in [0.5, 0.6) is 5.75 Å². The summed E-state index contributed by atoms with van der Waals surface area (Å²) in [6, 6.07) is 2.61. The monoisotopic (exact) mass is 336 g/mol. The number of hydrogen-bond donors (Lipinski definition) is 2. The minimum Gasteiger partial charge on any atom is -0.502 e. The van der Waals surface area contributed by atoms with Gasteiger partial charge in [-0.2, -0.15) is 0 Å². The molecule has 1 aliphatic rings. The predicted octanol–water partition coefficient (Wildman–Crippen LogP) is 3.28. The number of hydrogen-bond acceptors (Lipinski definition) is 4. The number of aromatic hydroxyl groups is 1. The van der Waals surface area contributed by atoms with Gasteiger partial charge in [-0.15, -0.1) is 12.4 Å². The number of nitro groups is 1. The van der Waals surface area contributed by atoms with Crippen molar-refractivity contribution in [3.63, 3.8) is 0 Å². The van der Waals surface area contributed by atoms with E-state index in [1.54, 1.807) is 6.07 Å². The summed E-state index contributed by atoms with van der Waals surface area (Å²) >= 11 is 3.20. The lowest BCUT2D eigenvalue weighted by Crippen LogP contribution is -2.27. The molecular weight excluding hydrogens is 323 g/mol. The molecule has 1 fully saturated rings. The number of nitrogens with two attached hydrogens (primary N) is 1. The fourth-order valence-electron chi connectivity index (χ4n) is 2.05. The van der Waals surface area contributed by atoms with Gasteiger partial charge in [0.05, 0.1) is 4.92 Å². The first-order valence-corrected chi connectivity index (χ1v) is 6.22. The minimum atomic E-state index is -0.600. The Kier molecular flexibility index (Phi) is 4.95. The third kappa shape index (κ3) is 2.76. The number of rotatable bonds is 3. The largest absolute Gasteiger partial charge is 0.502 e. The van der Waals surface area contributed by atoms with Crippen molar-refractivity contribution < 1.29 is 10.0 Å². The van der Waals surface area contributed by atoms with Gasteiger partial charge in [-0.1, -0.05) is 22.4 Å². The molecular formula is C11H14BrClN2O3. The average Bonchev–Trinajstić information content (AvgIpc) is 2.17. The van der Waals surface area contributed by atoms with E-state index in [1.807, 2.05) is 0 Å². The highest BCUT2D eigenvalue weighted by Gasteiger charge is 2.30. The summed E-state index contributed by atoms with van der Waals surface area (Å²) in [4.78, 5) is 10.2. The second kappa shape index (κ2) is 5.86. The van der Waals surface area contributed by atoms with Crippen LogP contribution in [0.25, 0.3) is 0 Å². The van der Waals surface area contributed by atoms with Crippen LogP contribution in [-0.4, -0.2) is 10.0 Å². The fourth-order valence-corrected chi connectivity index (χ4v) is 2.52. The lowest BCUT2D eigenvalue weighted by molar-refractivity contribution is -0.386. The summed E-state index contributed by atoms with van der Waals surface area (Å²) in [6.45, 7) is 0. The topological polar surface area (TPSA) is 89.4 Å². The molecule has 0 unspecified atom stereocenters. The zero-order valence-electron chi connectivity index (χ0n) is 9.51. The number of halogens is 2. The standard InChI is InChI=1S/C11H13BrN2O3.ClH/c12-7-4-8(10(13)6-2-1-3-6)11(15)9(5-7)14(16)17;/h4-6,10,15H,1-3,13H2;1H/t10-;/m0./s1. The Labute approximate surface area is 119 Å². The van der Waals surface area contributed by atoms with Crippen LogP contribution in [0.4, 0.5) is 5.69 Å². The SMILES string of the molecule is Cl.N[C@H](c1cc(Br)cc([N+](=O)[O-])c1O)C1CCC1. The van der Waals surface area contributed by atoms with Crippen LogP contribution >= 0.6 is 28.3 Å². The molecule has 5 nitrogen and oxygen atoms in total. The van der Waals surface area contributed by atoms with E-state index in [0.717, 1.165) is 19.3 Å². The highest BCUT2D eigenvalue weighted by Crippen LogP contribution is 2.43. The van der Waals surface area contributed by atoms with Gasteiger partial charge < -0.3 is 10.8 Å². The van der Waals surface area contributed by atoms with Crippen molar-refractivity contribution >= 4 is 34.0 Å². The maximum Gasteiger partial charge on any atom is 0.312 e. The average molecular weight is 338 g/mol. The van der Waals surface area contributed by atoms with E-state index in [-0.39, 0.29) is 29.9 Å². The summed E-state index contributed by atoms with van der Waals surface area (Å²) in [5.41, 5.74) is 6.19. The van der Waals surface area contributed by atoms with Gasteiger partial charge in [0.15, 0.2) is 5.75 Å². The molecule has 0 heterocycles. The number of nitro benzene ring substituents is 1. The Hall–Kier alpha value is -0.850. The van der Waals surface area contributed by atoms with E-state index in [9.17, 15) is 15.2 Å². The van der Waals surface area contributed by atoms with Crippen LogP contribution < -0.4 is 5.73 Å². The molecule has 0 saturated heterocycles. The van der Waals surface area contributed by atoms with E-state index >= 15 is 0 Å². The Morgan fingerprint density at radius 1 is 1.50 bits per heavy atom. The second-order valence-corrected chi connectivity index (χ2v) is 5.25. The fraction of sp³-hybridized carbons (Fsp3) is 0.455. The van der Waals surface area contributed by atoms with Crippen molar-refractivity contribution in [2.24, 2.45) is 11.7 Å². The van der Waals surface area contributed by atoms with E-state index in [1.165, 1.54) is 6.07 Å². The van der Waals surface area contributed by atoms with Crippen molar-refractivity contribution in [3.8, 4) is 5.75 Å². The Bertz CT molecular complexity index is 466. The smallest absolute Gasteiger partial charge is 0.312 e. The molecule has 0 radical (unpaired) electrons. The lowest BCUT2D eigenvalue weighted by atomic mass is 9.77. The molecule has 0 spiro atoms. The molecule has 7 heteroatoms. The molecule has 1 saturated carbocycles. The third-order valence-corrected chi connectivity index (χ3v) is 3.76. The summed E-state index contributed by atoms with van der Waals surface area (Å²) in [7, 11) is 0. The normalized spacial score (nSPS) is 16.6. The Morgan fingerprint density at radius 2 is 2.11 bits per heavy atom. The molecule has 100 valence electrons. The van der Waals surface area contributed by atoms with E-state index < -0.39 is 4.92 Å². The van der Waals surface area contributed by atoms with Crippen LogP contribution in [0.1, 0.15) is 30.9 Å². The summed E-state index contributed by atoms with van der Waals surface area (Å²) < 4.78 is 0.562. The Balaban J connectivity index is 0.00000162. The zero-order chi connectivity index (χ0) is 12.6. The highest BCUT2D eigenvalue weighted by atomic mass is 79.9. The van der Waals surface area contributed by atoms with E-state index in [2.05, 4.69) is 15.9 Å². The van der Waals surface area contributed by atoms with Crippen LogP contribution in [-0.2, 0) is 0 Å². The molecule has 18 heavy (non-hydrogen) atoms. The van der Waals surface area contributed by atoms with Gasteiger partial charge in [0.2, 0.25) is 0 Å². The number of nitrogens with zero attached hydrogens (tertiary/aromatic N) is 1. The molecule has 0 aromatic heterocycles. The van der Waals surface area contributed by atoms with Crippen molar-refractivity contribution in [1.29, 1.82) is 0 Å². The number of phenols is 1. The van der Waals surface area contributed by atoms with E-state index in [0.29, 0.717) is 16.0 Å². The predicted molar refractivity (Wildman–Crippen MR) is 74.0 cm³/mol. The van der Waals surface area contributed by atoms with Gasteiger partial charge in [-0.25, -0.2) is 0 Å². The molecule has 2 rings (SSSR count). The first-order chi connectivity index (χ1) is 8.00. The van der Waals surface area contributed by atoms with Crippen molar-refractivity contribution in [1.82, 2.24) is 0 Å². The summed E-state index contributed by atoms with van der Waals surface area (Å²) in [6.07, 6.45) is 3.16. The van der Waals surface area contributed by atoms with Gasteiger partial charge >= 0.3 is 5.69 Å². The molecule has 0 aliphatic heterocycles. The van der Waals surface area contributed by atoms with Crippen LogP contribution in [0.15, 0.2) is 16.6 Å². The zero-order valence-corrected chi connectivity index (χ0v) is 11.9. The lowest BCUT2D eigenvalue weighted by Gasteiger charge is -2.31. The second-order valence-electron chi connectivity index (χ2n) is 4.34. The third-order valence-electron chi connectivity index (χ3n) is 3.30. The van der Waals surface area contributed by atoms with Crippen LogP contribution in [0, 0.1) is 16.0 Å². The van der Waals surface area contributed by atoms with Crippen molar-refractivity contribution in [2.45, 2.75) is 25.3 Å². The van der Waals surface area contributed by atoms with Crippen molar-refractivity contribution in [2.75, 3.05) is 0 Å².